The van der Waals surface area contributed by atoms with Crippen molar-refractivity contribution in [3.05, 3.63) is 29.8 Å². The van der Waals surface area contributed by atoms with Crippen LogP contribution in [0.15, 0.2) is 29.2 Å². The number of carbonyl (C=O) groups is 1. The first-order chi connectivity index (χ1) is 12.2. The molecule has 1 N–H and O–H groups in total. The van der Waals surface area contributed by atoms with Gasteiger partial charge in [0.2, 0.25) is 0 Å². The first kappa shape index (κ1) is 19.3. The maximum absolute atomic E-state index is 13.5. The quantitative estimate of drug-likeness (QED) is 0.773. The molecule has 0 spiro atoms. The summed E-state index contributed by atoms with van der Waals surface area (Å²) < 4.78 is 51.7. The summed E-state index contributed by atoms with van der Waals surface area (Å²) in [6, 6.07) is 6.01. The van der Waals surface area contributed by atoms with Crippen LogP contribution in [0.3, 0.4) is 0 Å². The number of aliphatic carboxylic acids is 1. The Morgan fingerprint density at radius 3 is 2.12 bits per heavy atom. The van der Waals surface area contributed by atoms with Gasteiger partial charge in [-0.05, 0) is 62.1 Å². The van der Waals surface area contributed by atoms with Crippen molar-refractivity contribution in [3.8, 4) is 0 Å². The summed E-state index contributed by atoms with van der Waals surface area (Å²) in [5.41, 5.74) is -0.781. The molecular weight excluding hydrogens is 362 g/mol. The van der Waals surface area contributed by atoms with E-state index in [1.165, 1.54) is 12.1 Å². The lowest BCUT2D eigenvalue weighted by Gasteiger charge is -2.31. The molecule has 0 heterocycles. The van der Waals surface area contributed by atoms with Gasteiger partial charge in [0, 0.05) is 0 Å². The number of carboxylic acids is 1. The fraction of sp³-hybridized carbons (Fsp3) is 0.632. The Hall–Kier alpha value is -1.50. The SMILES string of the molecule is CCC(CC1C[C@@H](F)[C@@H](F)C1)(C(=O)O)c1ccc(S(=O)(=O)C2CC2)cc1. The summed E-state index contributed by atoms with van der Waals surface area (Å²) >= 11 is 0. The second kappa shape index (κ2) is 6.91. The van der Waals surface area contributed by atoms with Gasteiger partial charge in [-0.15, -0.1) is 0 Å². The maximum atomic E-state index is 13.5. The molecule has 0 aromatic heterocycles. The van der Waals surface area contributed by atoms with E-state index in [0.717, 1.165) is 0 Å². The number of rotatable bonds is 7. The van der Waals surface area contributed by atoms with Crippen molar-refractivity contribution in [2.45, 2.75) is 73.4 Å². The predicted molar refractivity (Wildman–Crippen MR) is 93.4 cm³/mol. The molecule has 3 rings (SSSR count). The zero-order valence-electron chi connectivity index (χ0n) is 14.7. The van der Waals surface area contributed by atoms with Gasteiger partial charge in [-0.25, -0.2) is 17.2 Å². The third-order valence-electron chi connectivity index (χ3n) is 5.86. The Kier molecular flexibility index (Phi) is 5.12. The minimum absolute atomic E-state index is 0.0321. The molecule has 26 heavy (non-hydrogen) atoms. The van der Waals surface area contributed by atoms with E-state index >= 15 is 0 Å². The van der Waals surface area contributed by atoms with Crippen molar-refractivity contribution in [1.29, 1.82) is 0 Å². The van der Waals surface area contributed by atoms with Crippen LogP contribution in [0.25, 0.3) is 0 Å². The first-order valence-electron chi connectivity index (χ1n) is 9.06. The molecule has 2 unspecified atom stereocenters. The second-order valence-corrected chi connectivity index (χ2v) is 9.81. The van der Waals surface area contributed by atoms with Gasteiger partial charge in [0.05, 0.1) is 15.6 Å². The summed E-state index contributed by atoms with van der Waals surface area (Å²) in [7, 11) is -3.34. The molecule has 0 amide bonds. The predicted octanol–water partition coefficient (Wildman–Crippen LogP) is 3.83. The highest BCUT2D eigenvalue weighted by Crippen LogP contribution is 2.43. The summed E-state index contributed by atoms with van der Waals surface area (Å²) in [5, 5.41) is 9.56. The Bertz CT molecular complexity index is 763. The van der Waals surface area contributed by atoms with Gasteiger partial charge < -0.3 is 5.11 Å². The maximum Gasteiger partial charge on any atom is 0.314 e. The number of halogens is 2. The molecule has 1 aromatic carbocycles. The molecule has 4 nitrogen and oxygen atoms in total. The topological polar surface area (TPSA) is 71.4 Å². The number of carboxylic acid groups (broad SMARTS) is 1. The van der Waals surface area contributed by atoms with Gasteiger partial charge in [-0.2, -0.15) is 0 Å². The third-order valence-corrected chi connectivity index (χ3v) is 8.14. The standard InChI is InChI=1S/C19H24F2O4S/c1-2-19(18(22)23,11-12-9-16(20)17(21)10-12)13-3-5-14(6-4-13)26(24,25)15-7-8-15/h3-6,12,15-17H,2,7-11H2,1H3,(H,22,23)/t12?,16-,17+,19?. The lowest BCUT2D eigenvalue weighted by atomic mass is 9.71. The van der Waals surface area contributed by atoms with Gasteiger partial charge in [-0.1, -0.05) is 19.1 Å². The molecule has 0 saturated heterocycles. The van der Waals surface area contributed by atoms with E-state index in [1.54, 1.807) is 19.1 Å². The highest BCUT2D eigenvalue weighted by atomic mass is 32.2. The summed E-state index contributed by atoms with van der Waals surface area (Å²) in [6.07, 6.45) is -1.27. The molecule has 0 radical (unpaired) electrons. The molecule has 2 fully saturated rings. The minimum atomic E-state index is -3.34. The molecule has 2 aliphatic rings. The van der Waals surface area contributed by atoms with E-state index in [2.05, 4.69) is 0 Å². The molecule has 2 saturated carbocycles. The van der Waals surface area contributed by atoms with Crippen molar-refractivity contribution in [1.82, 2.24) is 0 Å². The van der Waals surface area contributed by atoms with Crippen LogP contribution in [0, 0.1) is 5.92 Å². The van der Waals surface area contributed by atoms with Crippen molar-refractivity contribution in [3.63, 3.8) is 0 Å². The van der Waals surface area contributed by atoms with Gasteiger partial charge in [0.1, 0.15) is 12.3 Å². The summed E-state index contributed by atoms with van der Waals surface area (Å²) in [4.78, 5) is 12.3. The minimum Gasteiger partial charge on any atom is -0.481 e. The van der Waals surface area contributed by atoms with Crippen molar-refractivity contribution in [2.24, 2.45) is 5.92 Å². The molecule has 7 heteroatoms. The fourth-order valence-corrected chi connectivity index (χ4v) is 5.71. The Balaban J connectivity index is 1.89. The highest BCUT2D eigenvalue weighted by molar-refractivity contribution is 7.92. The zero-order chi connectivity index (χ0) is 19.1. The van der Waals surface area contributed by atoms with Gasteiger partial charge in [-0.3, -0.25) is 4.79 Å². The normalized spacial score (nSPS) is 28.7. The molecule has 0 aliphatic heterocycles. The summed E-state index contributed by atoms with van der Waals surface area (Å²) in [6.45, 7) is 1.73. The van der Waals surface area contributed by atoms with Crippen LogP contribution in [-0.4, -0.2) is 37.1 Å². The average molecular weight is 386 g/mol. The van der Waals surface area contributed by atoms with Crippen LogP contribution in [0.2, 0.25) is 0 Å². The van der Waals surface area contributed by atoms with Crippen LogP contribution in [0.4, 0.5) is 8.78 Å². The van der Waals surface area contributed by atoms with E-state index in [4.69, 9.17) is 0 Å². The van der Waals surface area contributed by atoms with Gasteiger partial charge in [0.25, 0.3) is 0 Å². The molecule has 2 aliphatic carbocycles. The zero-order valence-corrected chi connectivity index (χ0v) is 15.5. The Labute approximate surface area is 152 Å². The third kappa shape index (κ3) is 3.38. The van der Waals surface area contributed by atoms with E-state index < -0.39 is 33.6 Å². The number of alkyl halides is 2. The molecule has 144 valence electrons. The van der Waals surface area contributed by atoms with Crippen molar-refractivity contribution < 1.29 is 27.1 Å². The first-order valence-corrected chi connectivity index (χ1v) is 10.6. The van der Waals surface area contributed by atoms with Crippen LogP contribution < -0.4 is 0 Å². The molecule has 1 aromatic rings. The smallest absolute Gasteiger partial charge is 0.314 e. The van der Waals surface area contributed by atoms with Crippen molar-refractivity contribution in [2.75, 3.05) is 0 Å². The second-order valence-electron chi connectivity index (χ2n) is 7.58. The van der Waals surface area contributed by atoms with E-state index in [1.807, 2.05) is 0 Å². The highest BCUT2D eigenvalue weighted by Gasteiger charge is 2.45. The molecule has 0 bridgehead atoms. The fourth-order valence-electron chi connectivity index (χ4n) is 4.05. The monoisotopic (exact) mass is 386 g/mol. The number of sulfone groups is 1. The van der Waals surface area contributed by atoms with Gasteiger partial charge >= 0.3 is 5.97 Å². The Morgan fingerprint density at radius 2 is 1.69 bits per heavy atom. The molecule has 4 atom stereocenters. The number of hydrogen-bond acceptors (Lipinski definition) is 3. The van der Waals surface area contributed by atoms with Crippen LogP contribution in [-0.2, 0) is 20.0 Å². The Morgan fingerprint density at radius 1 is 1.15 bits per heavy atom. The van der Waals surface area contributed by atoms with Crippen molar-refractivity contribution >= 4 is 15.8 Å². The van der Waals surface area contributed by atoms with Gasteiger partial charge in [0.15, 0.2) is 9.84 Å². The number of hydrogen-bond donors (Lipinski definition) is 1. The average Bonchev–Trinajstić information content (AvgIpc) is 3.40. The lowest BCUT2D eigenvalue weighted by Crippen LogP contribution is -2.37. The molecular formula is C19H24F2O4S. The van der Waals surface area contributed by atoms with E-state index in [9.17, 15) is 27.1 Å². The number of benzene rings is 1. The summed E-state index contributed by atoms with van der Waals surface area (Å²) in [5.74, 6) is -1.39. The van der Waals surface area contributed by atoms with E-state index in [-0.39, 0.29) is 41.7 Å². The largest absolute Gasteiger partial charge is 0.481 e. The van der Waals surface area contributed by atoms with Crippen LogP contribution >= 0.6 is 0 Å². The van der Waals surface area contributed by atoms with E-state index in [0.29, 0.717) is 18.4 Å². The lowest BCUT2D eigenvalue weighted by molar-refractivity contribution is -0.145. The van der Waals surface area contributed by atoms with Crippen LogP contribution in [0.1, 0.15) is 51.0 Å². The van der Waals surface area contributed by atoms with Crippen LogP contribution in [0.5, 0.6) is 0 Å².